The van der Waals surface area contributed by atoms with E-state index in [1.807, 2.05) is 36.4 Å². The number of aromatic carboxylic acids is 1. The van der Waals surface area contributed by atoms with Crippen LogP contribution >= 0.6 is 22.6 Å². The first kappa shape index (κ1) is 17.4. The summed E-state index contributed by atoms with van der Waals surface area (Å²) in [5, 5.41) is 9.06. The van der Waals surface area contributed by atoms with Crippen LogP contribution < -0.4 is 0 Å². The predicted molar refractivity (Wildman–Crippen MR) is 85.4 cm³/mol. The number of hydrogen-bond donors (Lipinski definition) is 1. The SMILES string of the molecule is CC(C)CCN(C)S(=O)(=O)c1ccc(I)c(C(=O)O)c1. The second kappa shape index (κ2) is 6.86. The van der Waals surface area contributed by atoms with Gasteiger partial charge in [0.2, 0.25) is 10.0 Å². The molecule has 5 nitrogen and oxygen atoms in total. The predicted octanol–water partition coefficient (Wildman–Crippen LogP) is 2.66. The van der Waals surface area contributed by atoms with Gasteiger partial charge in [0.25, 0.3) is 0 Å². The fourth-order valence-electron chi connectivity index (χ4n) is 1.57. The highest BCUT2D eigenvalue weighted by Gasteiger charge is 2.22. The molecule has 112 valence electrons. The fraction of sp³-hybridized carbons (Fsp3) is 0.462. The number of nitrogens with zero attached hydrogens (tertiary/aromatic N) is 1. The largest absolute Gasteiger partial charge is 0.478 e. The Hall–Kier alpha value is -0.670. The Balaban J connectivity index is 3.09. The van der Waals surface area contributed by atoms with Gasteiger partial charge in [-0.3, -0.25) is 0 Å². The lowest BCUT2D eigenvalue weighted by atomic mass is 10.1. The Morgan fingerprint density at radius 3 is 2.50 bits per heavy atom. The van der Waals surface area contributed by atoms with Gasteiger partial charge in [-0.25, -0.2) is 17.5 Å². The van der Waals surface area contributed by atoms with Crippen LogP contribution in [0.5, 0.6) is 0 Å². The van der Waals surface area contributed by atoms with Crippen molar-refractivity contribution in [2.45, 2.75) is 25.2 Å². The second-order valence-electron chi connectivity index (χ2n) is 4.96. The molecule has 1 N–H and O–H groups in total. The van der Waals surface area contributed by atoms with Crippen molar-refractivity contribution < 1.29 is 18.3 Å². The molecule has 0 aromatic heterocycles. The summed E-state index contributed by atoms with van der Waals surface area (Å²) in [6, 6.07) is 4.16. The molecule has 0 saturated carbocycles. The number of carbonyl (C=O) groups is 1. The number of rotatable bonds is 6. The topological polar surface area (TPSA) is 74.7 Å². The first-order chi connectivity index (χ1) is 9.16. The van der Waals surface area contributed by atoms with E-state index in [0.717, 1.165) is 6.42 Å². The summed E-state index contributed by atoms with van der Waals surface area (Å²) in [5.74, 6) is -0.727. The average molecular weight is 411 g/mol. The smallest absolute Gasteiger partial charge is 0.336 e. The third-order valence-corrected chi connectivity index (χ3v) is 5.69. The molecule has 1 aromatic carbocycles. The molecule has 0 radical (unpaired) electrons. The summed E-state index contributed by atoms with van der Waals surface area (Å²) in [5.41, 5.74) is 0.00364. The molecule has 0 unspecified atom stereocenters. The molecule has 0 aliphatic heterocycles. The van der Waals surface area contributed by atoms with Gasteiger partial charge in [-0.2, -0.15) is 0 Å². The van der Waals surface area contributed by atoms with Gasteiger partial charge in [-0.1, -0.05) is 13.8 Å². The number of hydrogen-bond acceptors (Lipinski definition) is 3. The molecule has 0 fully saturated rings. The molecule has 1 rings (SSSR count). The number of halogens is 1. The van der Waals surface area contributed by atoms with E-state index in [-0.39, 0.29) is 10.5 Å². The minimum atomic E-state index is -3.64. The van der Waals surface area contributed by atoms with E-state index in [9.17, 15) is 13.2 Å². The van der Waals surface area contributed by atoms with Crippen LogP contribution in [0, 0.1) is 9.49 Å². The summed E-state index contributed by atoms with van der Waals surface area (Å²) < 4.78 is 26.5. The van der Waals surface area contributed by atoms with Crippen LogP contribution in [0.3, 0.4) is 0 Å². The molecule has 1 aromatic rings. The Labute approximate surface area is 133 Å². The molecule has 7 heteroatoms. The lowest BCUT2D eigenvalue weighted by molar-refractivity contribution is 0.0695. The van der Waals surface area contributed by atoms with Crippen LogP contribution in [-0.2, 0) is 10.0 Å². The third kappa shape index (κ3) is 4.16. The lowest BCUT2D eigenvalue weighted by Gasteiger charge is -2.18. The van der Waals surface area contributed by atoms with Gasteiger partial charge in [0.05, 0.1) is 10.5 Å². The molecular formula is C13H18INO4S. The first-order valence-electron chi connectivity index (χ1n) is 6.15. The Morgan fingerprint density at radius 2 is 2.00 bits per heavy atom. The Morgan fingerprint density at radius 1 is 1.40 bits per heavy atom. The quantitative estimate of drug-likeness (QED) is 0.731. The van der Waals surface area contributed by atoms with Gasteiger partial charge in [0.1, 0.15) is 0 Å². The number of benzene rings is 1. The normalized spacial score (nSPS) is 12.1. The van der Waals surface area contributed by atoms with Gasteiger partial charge >= 0.3 is 5.97 Å². The van der Waals surface area contributed by atoms with E-state index in [0.29, 0.717) is 16.0 Å². The summed E-state index contributed by atoms with van der Waals surface area (Å²) in [6.45, 7) is 4.45. The van der Waals surface area contributed by atoms with Crippen LogP contribution in [0.2, 0.25) is 0 Å². The maximum Gasteiger partial charge on any atom is 0.336 e. The van der Waals surface area contributed by atoms with E-state index >= 15 is 0 Å². The summed E-state index contributed by atoms with van der Waals surface area (Å²) >= 11 is 1.87. The standard InChI is InChI=1S/C13H18INO4S/c1-9(2)6-7-15(3)20(18,19)10-4-5-12(14)11(8-10)13(16)17/h4-5,8-9H,6-7H2,1-3H3,(H,16,17). The molecule has 0 bridgehead atoms. The average Bonchev–Trinajstić information content (AvgIpc) is 2.35. The summed E-state index contributed by atoms with van der Waals surface area (Å²) in [7, 11) is -2.13. The second-order valence-corrected chi connectivity index (χ2v) is 8.16. The van der Waals surface area contributed by atoms with Crippen LogP contribution in [0.25, 0.3) is 0 Å². The minimum Gasteiger partial charge on any atom is -0.478 e. The lowest BCUT2D eigenvalue weighted by Crippen LogP contribution is -2.29. The van der Waals surface area contributed by atoms with Crippen LogP contribution in [0.1, 0.15) is 30.6 Å². The Kier molecular flexibility index (Phi) is 5.96. The number of carboxylic acid groups (broad SMARTS) is 1. The Bertz CT molecular complexity index is 598. The number of sulfonamides is 1. The molecular weight excluding hydrogens is 393 g/mol. The highest BCUT2D eigenvalue weighted by atomic mass is 127. The van der Waals surface area contributed by atoms with E-state index < -0.39 is 16.0 Å². The molecule has 0 aliphatic carbocycles. The van der Waals surface area contributed by atoms with E-state index in [4.69, 9.17) is 5.11 Å². The van der Waals surface area contributed by atoms with Crippen LogP contribution in [0.15, 0.2) is 23.1 Å². The van der Waals surface area contributed by atoms with Gasteiger partial charge in [-0.05, 0) is 53.1 Å². The van der Waals surface area contributed by atoms with Crippen molar-refractivity contribution in [3.8, 4) is 0 Å². The van der Waals surface area contributed by atoms with Crippen molar-refractivity contribution in [1.82, 2.24) is 4.31 Å². The first-order valence-corrected chi connectivity index (χ1v) is 8.67. The zero-order chi connectivity index (χ0) is 15.5. The maximum atomic E-state index is 12.4. The van der Waals surface area contributed by atoms with Crippen molar-refractivity contribution in [1.29, 1.82) is 0 Å². The minimum absolute atomic E-state index is 0.00364. The van der Waals surface area contributed by atoms with E-state index in [1.165, 1.54) is 29.6 Å². The van der Waals surface area contributed by atoms with Crippen molar-refractivity contribution in [3.05, 3.63) is 27.3 Å². The molecule has 0 atom stereocenters. The fourth-order valence-corrected chi connectivity index (χ4v) is 3.35. The molecule has 0 saturated heterocycles. The monoisotopic (exact) mass is 411 g/mol. The zero-order valence-corrected chi connectivity index (χ0v) is 14.6. The van der Waals surface area contributed by atoms with Crippen molar-refractivity contribution in [2.75, 3.05) is 13.6 Å². The van der Waals surface area contributed by atoms with Crippen LogP contribution in [-0.4, -0.2) is 37.4 Å². The summed E-state index contributed by atoms with van der Waals surface area (Å²) in [4.78, 5) is 11.1. The van der Waals surface area contributed by atoms with E-state index in [1.54, 1.807) is 0 Å². The van der Waals surface area contributed by atoms with Crippen LogP contribution in [0.4, 0.5) is 0 Å². The molecule has 0 aliphatic rings. The molecule has 20 heavy (non-hydrogen) atoms. The number of carboxylic acids is 1. The van der Waals surface area contributed by atoms with E-state index in [2.05, 4.69) is 0 Å². The molecule has 0 heterocycles. The van der Waals surface area contributed by atoms with Gasteiger partial charge in [0, 0.05) is 17.2 Å². The van der Waals surface area contributed by atoms with Crippen molar-refractivity contribution >= 4 is 38.6 Å². The molecule has 0 amide bonds. The highest BCUT2D eigenvalue weighted by molar-refractivity contribution is 14.1. The molecule has 0 spiro atoms. The van der Waals surface area contributed by atoms with Crippen molar-refractivity contribution in [2.24, 2.45) is 5.92 Å². The third-order valence-electron chi connectivity index (χ3n) is 2.90. The zero-order valence-electron chi connectivity index (χ0n) is 11.6. The van der Waals surface area contributed by atoms with Gasteiger partial charge in [-0.15, -0.1) is 0 Å². The highest BCUT2D eigenvalue weighted by Crippen LogP contribution is 2.21. The summed E-state index contributed by atoms with van der Waals surface area (Å²) in [6.07, 6.45) is 0.756. The van der Waals surface area contributed by atoms with Gasteiger partial charge in [0.15, 0.2) is 0 Å². The van der Waals surface area contributed by atoms with Gasteiger partial charge < -0.3 is 5.11 Å². The van der Waals surface area contributed by atoms with Crippen molar-refractivity contribution in [3.63, 3.8) is 0 Å². The maximum absolute atomic E-state index is 12.4.